The lowest BCUT2D eigenvalue weighted by Crippen LogP contribution is -2.45. The van der Waals surface area contributed by atoms with Gasteiger partial charge in [-0.3, -0.25) is 10.2 Å². The minimum Gasteiger partial charge on any atom is -0.484 e. The van der Waals surface area contributed by atoms with Crippen LogP contribution in [0.3, 0.4) is 0 Å². The van der Waals surface area contributed by atoms with E-state index in [9.17, 15) is 9.59 Å². The number of rotatable bonds is 4. The van der Waals surface area contributed by atoms with Crippen molar-refractivity contribution in [3.05, 3.63) is 59.7 Å². The fraction of sp³-hybridized carbons (Fsp3) is 0.222. The number of ether oxygens (including phenoxy) is 1. The second-order valence-electron chi connectivity index (χ2n) is 5.57. The summed E-state index contributed by atoms with van der Waals surface area (Å²) in [4.78, 5) is 23.4. The third kappa shape index (κ3) is 4.25. The highest BCUT2D eigenvalue weighted by atomic mass is 16.5. The molecule has 1 aliphatic carbocycles. The molecule has 0 unspecified atom stereocenters. The van der Waals surface area contributed by atoms with Gasteiger partial charge in [-0.2, -0.15) is 0 Å². The average Bonchev–Trinajstić information content (AvgIpc) is 3.07. The molecular weight excluding hydrogens is 306 g/mol. The molecule has 3 N–H and O–H groups in total. The molecule has 24 heavy (non-hydrogen) atoms. The summed E-state index contributed by atoms with van der Waals surface area (Å²) in [6.45, 7) is -0.162. The maximum absolute atomic E-state index is 11.7. The summed E-state index contributed by atoms with van der Waals surface area (Å²) in [6.07, 6.45) is 3.33. The molecule has 124 valence electrons. The Hall–Kier alpha value is -3.02. The van der Waals surface area contributed by atoms with Gasteiger partial charge in [0.2, 0.25) is 0 Å². The second kappa shape index (κ2) is 7.50. The topological polar surface area (TPSA) is 79.5 Å². The molecule has 2 aromatic rings. The standard InChI is InChI=1S/C18H19N3O3/c22-17(20-21-18(23)19-15-7-2-1-3-8-15)12-24-16-10-9-13-5-4-6-14(13)11-16/h1-3,7-11H,4-6,12H2,(H,20,22)(H2,19,21,23). The van der Waals surface area contributed by atoms with Crippen molar-refractivity contribution in [2.24, 2.45) is 0 Å². The molecule has 0 spiro atoms. The van der Waals surface area contributed by atoms with Gasteiger partial charge in [0.05, 0.1) is 0 Å². The molecule has 0 atom stereocenters. The number of para-hydroxylation sites is 1. The summed E-state index contributed by atoms with van der Waals surface area (Å²) in [6, 6.07) is 14.3. The monoisotopic (exact) mass is 325 g/mol. The van der Waals surface area contributed by atoms with E-state index in [4.69, 9.17) is 4.74 Å². The molecule has 0 fully saturated rings. The van der Waals surface area contributed by atoms with E-state index in [0.29, 0.717) is 11.4 Å². The highest BCUT2D eigenvalue weighted by Crippen LogP contribution is 2.25. The summed E-state index contributed by atoms with van der Waals surface area (Å²) in [5.41, 5.74) is 7.85. The van der Waals surface area contributed by atoms with E-state index in [1.54, 1.807) is 24.3 Å². The molecule has 1 aliphatic rings. The minimum absolute atomic E-state index is 0.162. The van der Waals surface area contributed by atoms with E-state index in [2.05, 4.69) is 16.2 Å². The Labute approximate surface area is 140 Å². The number of amides is 3. The zero-order valence-corrected chi connectivity index (χ0v) is 13.2. The van der Waals surface area contributed by atoms with Crippen molar-refractivity contribution >= 4 is 17.6 Å². The van der Waals surface area contributed by atoms with E-state index in [1.807, 2.05) is 24.3 Å². The van der Waals surface area contributed by atoms with Gasteiger partial charge in [-0.25, -0.2) is 10.2 Å². The van der Waals surface area contributed by atoms with E-state index < -0.39 is 11.9 Å². The first-order chi connectivity index (χ1) is 11.7. The largest absolute Gasteiger partial charge is 0.484 e. The van der Waals surface area contributed by atoms with Crippen LogP contribution in [0, 0.1) is 0 Å². The fourth-order valence-corrected chi connectivity index (χ4v) is 2.63. The number of carbonyl (C=O) groups excluding carboxylic acids is 2. The Morgan fingerprint density at radius 3 is 2.58 bits per heavy atom. The van der Waals surface area contributed by atoms with Crippen LogP contribution in [0.25, 0.3) is 0 Å². The quantitative estimate of drug-likeness (QED) is 0.755. The molecule has 0 saturated carbocycles. The van der Waals surface area contributed by atoms with Gasteiger partial charge in [0.25, 0.3) is 5.91 Å². The van der Waals surface area contributed by atoms with Gasteiger partial charge in [-0.1, -0.05) is 24.3 Å². The molecule has 2 aromatic carbocycles. The van der Waals surface area contributed by atoms with Gasteiger partial charge in [0, 0.05) is 5.69 Å². The van der Waals surface area contributed by atoms with Gasteiger partial charge in [-0.05, 0) is 54.7 Å². The lowest BCUT2D eigenvalue weighted by molar-refractivity contribution is -0.123. The van der Waals surface area contributed by atoms with Crippen LogP contribution < -0.4 is 20.9 Å². The summed E-state index contributed by atoms with van der Waals surface area (Å²) >= 11 is 0. The van der Waals surface area contributed by atoms with E-state index in [-0.39, 0.29) is 6.61 Å². The van der Waals surface area contributed by atoms with E-state index in [0.717, 1.165) is 12.8 Å². The fourth-order valence-electron chi connectivity index (χ4n) is 2.63. The third-order valence-corrected chi connectivity index (χ3v) is 3.79. The van der Waals surface area contributed by atoms with Gasteiger partial charge in [0.15, 0.2) is 6.61 Å². The Balaban J connectivity index is 1.40. The zero-order valence-electron chi connectivity index (χ0n) is 13.2. The maximum Gasteiger partial charge on any atom is 0.337 e. The molecular formula is C18H19N3O3. The predicted molar refractivity (Wildman–Crippen MR) is 90.7 cm³/mol. The number of aryl methyl sites for hydroxylation is 2. The maximum atomic E-state index is 11.7. The number of anilines is 1. The molecule has 6 heteroatoms. The molecule has 6 nitrogen and oxygen atoms in total. The molecule has 3 rings (SSSR count). The van der Waals surface area contributed by atoms with Crippen LogP contribution in [-0.4, -0.2) is 18.5 Å². The summed E-state index contributed by atoms with van der Waals surface area (Å²) in [7, 11) is 0. The number of hydrazine groups is 1. The van der Waals surface area contributed by atoms with Crippen LogP contribution >= 0.6 is 0 Å². The first-order valence-electron chi connectivity index (χ1n) is 7.86. The first kappa shape index (κ1) is 15.9. The van der Waals surface area contributed by atoms with E-state index >= 15 is 0 Å². The van der Waals surface area contributed by atoms with Crippen molar-refractivity contribution in [3.63, 3.8) is 0 Å². The Morgan fingerprint density at radius 2 is 1.75 bits per heavy atom. The van der Waals surface area contributed by atoms with Crippen molar-refractivity contribution in [3.8, 4) is 5.75 Å². The van der Waals surface area contributed by atoms with Crippen molar-refractivity contribution in [2.75, 3.05) is 11.9 Å². The summed E-state index contributed by atoms with van der Waals surface area (Å²) < 4.78 is 5.46. The third-order valence-electron chi connectivity index (χ3n) is 3.79. The van der Waals surface area contributed by atoms with Gasteiger partial charge in [0.1, 0.15) is 5.75 Å². The SMILES string of the molecule is O=C(COc1ccc2c(c1)CCC2)NNC(=O)Nc1ccccc1. The molecule has 0 heterocycles. The lowest BCUT2D eigenvalue weighted by atomic mass is 10.1. The van der Waals surface area contributed by atoms with Crippen LogP contribution in [0.15, 0.2) is 48.5 Å². The molecule has 3 amide bonds. The van der Waals surface area contributed by atoms with Crippen molar-refractivity contribution < 1.29 is 14.3 Å². The Bertz CT molecular complexity index is 732. The summed E-state index contributed by atoms with van der Waals surface area (Å²) in [5.74, 6) is 0.234. The van der Waals surface area contributed by atoms with Crippen LogP contribution in [0.5, 0.6) is 5.75 Å². The van der Waals surface area contributed by atoms with Crippen LogP contribution in [0.4, 0.5) is 10.5 Å². The number of hydrogen-bond acceptors (Lipinski definition) is 3. The number of nitrogens with one attached hydrogen (secondary N) is 3. The normalized spacial score (nSPS) is 12.2. The Morgan fingerprint density at radius 1 is 0.958 bits per heavy atom. The number of carbonyl (C=O) groups is 2. The van der Waals surface area contributed by atoms with E-state index in [1.165, 1.54) is 17.5 Å². The molecule has 0 saturated heterocycles. The Kier molecular flexibility index (Phi) is 4.96. The number of fused-ring (bicyclic) bond motifs is 1. The van der Waals surface area contributed by atoms with Crippen molar-refractivity contribution in [1.82, 2.24) is 10.9 Å². The molecule has 0 radical (unpaired) electrons. The smallest absolute Gasteiger partial charge is 0.337 e. The highest BCUT2D eigenvalue weighted by Gasteiger charge is 2.12. The zero-order chi connectivity index (χ0) is 16.8. The second-order valence-corrected chi connectivity index (χ2v) is 5.57. The van der Waals surface area contributed by atoms with Gasteiger partial charge >= 0.3 is 6.03 Å². The van der Waals surface area contributed by atoms with Crippen molar-refractivity contribution in [2.45, 2.75) is 19.3 Å². The van der Waals surface area contributed by atoms with Gasteiger partial charge < -0.3 is 10.1 Å². The van der Waals surface area contributed by atoms with Crippen molar-refractivity contribution in [1.29, 1.82) is 0 Å². The number of urea groups is 1. The summed E-state index contributed by atoms with van der Waals surface area (Å²) in [5, 5.41) is 2.59. The highest BCUT2D eigenvalue weighted by molar-refractivity contribution is 5.91. The average molecular weight is 325 g/mol. The number of benzene rings is 2. The molecule has 0 bridgehead atoms. The molecule has 0 aliphatic heterocycles. The predicted octanol–water partition coefficient (Wildman–Crippen LogP) is 2.41. The van der Waals surface area contributed by atoms with Crippen LogP contribution in [-0.2, 0) is 17.6 Å². The minimum atomic E-state index is -0.521. The molecule has 0 aromatic heterocycles. The van der Waals surface area contributed by atoms with Crippen LogP contribution in [0.2, 0.25) is 0 Å². The first-order valence-corrected chi connectivity index (χ1v) is 7.86. The number of hydrogen-bond donors (Lipinski definition) is 3. The van der Waals surface area contributed by atoms with Crippen LogP contribution in [0.1, 0.15) is 17.5 Å². The lowest BCUT2D eigenvalue weighted by Gasteiger charge is -2.10. The van der Waals surface area contributed by atoms with Gasteiger partial charge in [-0.15, -0.1) is 0 Å².